The van der Waals surface area contributed by atoms with Crippen molar-refractivity contribution in [3.63, 3.8) is 0 Å². The van der Waals surface area contributed by atoms with Gasteiger partial charge in [0.2, 0.25) is 0 Å². The first-order chi connectivity index (χ1) is 8.11. The molecule has 1 unspecified atom stereocenters. The van der Waals surface area contributed by atoms with Crippen LogP contribution in [-0.4, -0.2) is 32.7 Å². The summed E-state index contributed by atoms with van der Waals surface area (Å²) < 4.78 is 29.7. The minimum Gasteiger partial charge on any atom is -0.375 e. The summed E-state index contributed by atoms with van der Waals surface area (Å²) in [5.74, 6) is 0. The van der Waals surface area contributed by atoms with Crippen LogP contribution in [0.5, 0.6) is 0 Å². The van der Waals surface area contributed by atoms with E-state index in [1.807, 2.05) is 12.4 Å². The Balaban J connectivity index is 2.24. The second-order valence-electron chi connectivity index (χ2n) is 3.68. The van der Waals surface area contributed by atoms with Gasteiger partial charge in [-0.15, -0.1) is 11.3 Å². The van der Waals surface area contributed by atoms with Crippen LogP contribution in [0.3, 0.4) is 0 Å². The van der Waals surface area contributed by atoms with Crippen LogP contribution < -0.4 is 5.32 Å². The SMILES string of the molecule is CNC(CCOCC(F)F)Cc1cc(Br)cs1. The van der Waals surface area contributed by atoms with Gasteiger partial charge in [-0.1, -0.05) is 0 Å². The molecule has 0 saturated heterocycles. The molecule has 0 saturated carbocycles. The molecule has 1 atom stereocenters. The van der Waals surface area contributed by atoms with Gasteiger partial charge in [0.1, 0.15) is 6.61 Å². The van der Waals surface area contributed by atoms with Crippen molar-refractivity contribution in [3.8, 4) is 0 Å². The van der Waals surface area contributed by atoms with Gasteiger partial charge in [0, 0.05) is 27.4 Å². The van der Waals surface area contributed by atoms with Crippen molar-refractivity contribution >= 4 is 27.3 Å². The second kappa shape index (κ2) is 8.13. The molecule has 17 heavy (non-hydrogen) atoms. The van der Waals surface area contributed by atoms with Crippen molar-refractivity contribution in [2.75, 3.05) is 20.3 Å². The maximum Gasteiger partial charge on any atom is 0.261 e. The van der Waals surface area contributed by atoms with Crippen LogP contribution in [0.15, 0.2) is 15.9 Å². The molecule has 1 N–H and O–H groups in total. The molecule has 1 aromatic rings. The van der Waals surface area contributed by atoms with Crippen LogP contribution in [-0.2, 0) is 11.2 Å². The van der Waals surface area contributed by atoms with Crippen LogP contribution in [0.2, 0.25) is 0 Å². The lowest BCUT2D eigenvalue weighted by Gasteiger charge is -2.15. The predicted molar refractivity (Wildman–Crippen MR) is 70.0 cm³/mol. The average Bonchev–Trinajstić information content (AvgIpc) is 2.68. The number of likely N-dealkylation sites (N-methyl/N-ethyl adjacent to an activating group) is 1. The summed E-state index contributed by atoms with van der Waals surface area (Å²) in [6.07, 6.45) is -0.750. The Kier molecular flexibility index (Phi) is 7.18. The van der Waals surface area contributed by atoms with Gasteiger partial charge < -0.3 is 10.1 Å². The standard InChI is InChI=1S/C11H16BrF2NOS/c1-15-9(2-3-16-6-11(13)14)5-10-4-8(12)7-17-10/h4,7,9,11,15H,2-3,5-6H2,1H3. The third-order valence-corrected chi connectivity index (χ3v) is 4.05. The van der Waals surface area contributed by atoms with Crippen molar-refractivity contribution in [1.82, 2.24) is 5.32 Å². The van der Waals surface area contributed by atoms with Gasteiger partial charge >= 0.3 is 0 Å². The summed E-state index contributed by atoms with van der Waals surface area (Å²) in [4.78, 5) is 1.27. The summed E-state index contributed by atoms with van der Waals surface area (Å²) in [5, 5.41) is 5.21. The van der Waals surface area contributed by atoms with E-state index in [-0.39, 0.29) is 6.04 Å². The van der Waals surface area contributed by atoms with E-state index in [4.69, 9.17) is 4.74 Å². The molecule has 98 valence electrons. The molecule has 6 heteroatoms. The van der Waals surface area contributed by atoms with E-state index >= 15 is 0 Å². The van der Waals surface area contributed by atoms with Gasteiger partial charge in [0.05, 0.1) is 0 Å². The first kappa shape index (κ1) is 15.0. The van der Waals surface area contributed by atoms with E-state index in [0.717, 1.165) is 17.3 Å². The molecule has 0 amide bonds. The van der Waals surface area contributed by atoms with Crippen molar-refractivity contribution in [2.45, 2.75) is 25.3 Å². The highest BCUT2D eigenvalue weighted by atomic mass is 79.9. The summed E-state index contributed by atoms with van der Waals surface area (Å²) in [5.41, 5.74) is 0. The van der Waals surface area contributed by atoms with Crippen molar-refractivity contribution in [3.05, 3.63) is 20.8 Å². The Morgan fingerprint density at radius 1 is 1.53 bits per heavy atom. The van der Waals surface area contributed by atoms with E-state index < -0.39 is 13.0 Å². The number of hydrogen-bond acceptors (Lipinski definition) is 3. The normalized spacial score (nSPS) is 13.2. The van der Waals surface area contributed by atoms with Gasteiger partial charge in [-0.25, -0.2) is 8.78 Å². The average molecular weight is 328 g/mol. The first-order valence-corrected chi connectivity index (χ1v) is 7.05. The van der Waals surface area contributed by atoms with E-state index in [0.29, 0.717) is 6.61 Å². The highest BCUT2D eigenvalue weighted by molar-refractivity contribution is 9.10. The molecular formula is C11H16BrF2NOS. The largest absolute Gasteiger partial charge is 0.375 e. The van der Waals surface area contributed by atoms with E-state index in [1.54, 1.807) is 11.3 Å². The zero-order chi connectivity index (χ0) is 12.7. The van der Waals surface area contributed by atoms with Gasteiger partial charge in [-0.05, 0) is 41.9 Å². The van der Waals surface area contributed by atoms with E-state index in [2.05, 4.69) is 27.3 Å². The minimum atomic E-state index is -2.38. The fourth-order valence-electron chi connectivity index (χ4n) is 1.45. The van der Waals surface area contributed by atoms with Gasteiger partial charge in [0.25, 0.3) is 6.43 Å². The fraction of sp³-hybridized carbons (Fsp3) is 0.636. The van der Waals surface area contributed by atoms with E-state index in [1.165, 1.54) is 4.88 Å². The van der Waals surface area contributed by atoms with Gasteiger partial charge in [0.15, 0.2) is 0 Å². The fourth-order valence-corrected chi connectivity index (χ4v) is 2.98. The smallest absolute Gasteiger partial charge is 0.261 e. The Labute approximate surface area is 112 Å². The lowest BCUT2D eigenvalue weighted by atomic mass is 10.1. The van der Waals surface area contributed by atoms with Crippen LogP contribution in [0.4, 0.5) is 8.78 Å². The molecule has 0 aromatic carbocycles. The van der Waals surface area contributed by atoms with Crippen LogP contribution in [0, 0.1) is 0 Å². The third kappa shape index (κ3) is 6.45. The first-order valence-electron chi connectivity index (χ1n) is 5.38. The molecule has 0 spiro atoms. The molecule has 1 rings (SSSR count). The Bertz CT molecular complexity index is 322. The summed E-state index contributed by atoms with van der Waals surface area (Å²) in [6, 6.07) is 2.34. The maximum atomic E-state index is 11.8. The monoisotopic (exact) mass is 327 g/mol. The Morgan fingerprint density at radius 2 is 2.29 bits per heavy atom. The number of thiophene rings is 1. The highest BCUT2D eigenvalue weighted by Gasteiger charge is 2.10. The van der Waals surface area contributed by atoms with Crippen molar-refractivity contribution < 1.29 is 13.5 Å². The molecular weight excluding hydrogens is 312 g/mol. The van der Waals surface area contributed by atoms with Gasteiger partial charge in [-0.2, -0.15) is 0 Å². The number of halogens is 3. The second-order valence-corrected chi connectivity index (χ2v) is 5.59. The van der Waals surface area contributed by atoms with Crippen LogP contribution in [0.1, 0.15) is 11.3 Å². The molecule has 0 bridgehead atoms. The Hall–Kier alpha value is -0.0400. The highest BCUT2D eigenvalue weighted by Crippen LogP contribution is 2.21. The molecule has 0 fully saturated rings. The summed E-state index contributed by atoms with van der Waals surface area (Å²) in [7, 11) is 1.88. The zero-order valence-corrected chi connectivity index (χ0v) is 12.0. The maximum absolute atomic E-state index is 11.8. The quantitative estimate of drug-likeness (QED) is 0.739. The molecule has 2 nitrogen and oxygen atoms in total. The molecule has 0 aliphatic carbocycles. The lowest BCUT2D eigenvalue weighted by Crippen LogP contribution is -2.29. The molecule has 0 aliphatic rings. The van der Waals surface area contributed by atoms with Crippen molar-refractivity contribution in [1.29, 1.82) is 0 Å². The predicted octanol–water partition coefficient (Wildman–Crippen LogP) is 3.31. The Morgan fingerprint density at radius 3 is 2.82 bits per heavy atom. The molecule has 1 heterocycles. The molecule has 0 radical (unpaired) electrons. The molecule has 0 aliphatic heterocycles. The summed E-state index contributed by atoms with van der Waals surface area (Å²) in [6.45, 7) is -0.108. The van der Waals surface area contributed by atoms with E-state index in [9.17, 15) is 8.78 Å². The number of rotatable bonds is 8. The lowest BCUT2D eigenvalue weighted by molar-refractivity contribution is 0.0146. The zero-order valence-electron chi connectivity index (χ0n) is 9.59. The number of alkyl halides is 2. The topological polar surface area (TPSA) is 21.3 Å². The van der Waals surface area contributed by atoms with Crippen molar-refractivity contribution in [2.24, 2.45) is 0 Å². The summed E-state index contributed by atoms with van der Waals surface area (Å²) >= 11 is 5.10. The third-order valence-electron chi connectivity index (χ3n) is 2.33. The van der Waals surface area contributed by atoms with Crippen LogP contribution >= 0.6 is 27.3 Å². The van der Waals surface area contributed by atoms with Gasteiger partial charge in [-0.3, -0.25) is 0 Å². The number of hydrogen-bond donors (Lipinski definition) is 1. The molecule has 1 aromatic heterocycles. The van der Waals surface area contributed by atoms with Crippen LogP contribution in [0.25, 0.3) is 0 Å². The minimum absolute atomic E-state index is 0.262. The number of nitrogens with one attached hydrogen (secondary N) is 1. The number of ether oxygens (including phenoxy) is 1.